The molecule has 0 saturated carbocycles. The van der Waals surface area contributed by atoms with Crippen LogP contribution in [0.25, 0.3) is 5.69 Å². The Hall–Kier alpha value is -1.59. The lowest BCUT2D eigenvalue weighted by Gasteiger charge is -2.20. The number of methoxy groups -OCH3 is 1. The zero-order valence-electron chi connectivity index (χ0n) is 11.2. The number of ether oxygens (including phenoxy) is 1. The van der Waals surface area contributed by atoms with E-state index in [1.807, 2.05) is 10.9 Å². The molecule has 0 fully saturated rings. The van der Waals surface area contributed by atoms with E-state index >= 15 is 0 Å². The minimum Gasteiger partial charge on any atom is -0.383 e. The topological polar surface area (TPSA) is 58.0 Å². The average molecular weight is 260 g/mol. The molecule has 2 N–H and O–H groups in total. The molecule has 0 aromatic carbocycles. The molecule has 0 aliphatic heterocycles. The van der Waals surface area contributed by atoms with Crippen LogP contribution in [-0.4, -0.2) is 28.1 Å². The highest BCUT2D eigenvalue weighted by Gasteiger charge is 2.20. The van der Waals surface area contributed by atoms with Gasteiger partial charge in [-0.15, -0.1) is 0 Å². The van der Waals surface area contributed by atoms with E-state index in [0.29, 0.717) is 6.61 Å². The number of fused-ring (bicyclic) bond motifs is 1. The maximum atomic E-state index is 6.16. The molecule has 19 heavy (non-hydrogen) atoms. The molecule has 5 nitrogen and oxygen atoms in total. The summed E-state index contributed by atoms with van der Waals surface area (Å²) in [4.78, 5) is 0. The maximum absolute atomic E-state index is 6.16. The highest BCUT2D eigenvalue weighted by Crippen LogP contribution is 2.30. The second-order valence-electron chi connectivity index (χ2n) is 5.04. The first-order valence-corrected chi connectivity index (χ1v) is 6.77. The van der Waals surface area contributed by atoms with Crippen LogP contribution in [0, 0.1) is 0 Å². The molecule has 1 unspecified atom stereocenters. The third-order valence-corrected chi connectivity index (χ3v) is 3.78. The van der Waals surface area contributed by atoms with E-state index in [4.69, 9.17) is 10.5 Å². The van der Waals surface area contributed by atoms with Gasteiger partial charge in [-0.25, -0.2) is 0 Å². The Balaban J connectivity index is 1.88. The molecule has 0 bridgehead atoms. The van der Waals surface area contributed by atoms with Crippen LogP contribution in [0.2, 0.25) is 0 Å². The third-order valence-electron chi connectivity index (χ3n) is 3.78. The minimum absolute atomic E-state index is 0.188. The zero-order chi connectivity index (χ0) is 13.2. The summed E-state index contributed by atoms with van der Waals surface area (Å²) in [6.45, 7) is 1.45. The fourth-order valence-corrected chi connectivity index (χ4v) is 2.75. The molecule has 1 aliphatic carbocycles. The number of hydrogen-bond donors (Lipinski definition) is 1. The van der Waals surface area contributed by atoms with Crippen molar-refractivity contribution in [2.75, 3.05) is 13.7 Å². The summed E-state index contributed by atoms with van der Waals surface area (Å²) in [7, 11) is 1.70. The van der Waals surface area contributed by atoms with E-state index in [1.165, 1.54) is 11.3 Å². The predicted octanol–water partition coefficient (Wildman–Crippen LogP) is 1.66. The first-order valence-electron chi connectivity index (χ1n) is 6.77. The van der Waals surface area contributed by atoms with Gasteiger partial charge in [0.15, 0.2) is 0 Å². The lowest BCUT2D eigenvalue weighted by Crippen LogP contribution is -2.17. The van der Waals surface area contributed by atoms with Gasteiger partial charge < -0.3 is 15.0 Å². The van der Waals surface area contributed by atoms with E-state index in [9.17, 15) is 0 Å². The summed E-state index contributed by atoms with van der Waals surface area (Å²) in [5.41, 5.74) is 9.89. The Labute approximate surface area is 113 Å². The molecule has 0 spiro atoms. The van der Waals surface area contributed by atoms with E-state index in [0.717, 1.165) is 31.5 Å². The van der Waals surface area contributed by atoms with Crippen molar-refractivity contribution in [3.63, 3.8) is 0 Å². The SMILES string of the molecule is COCCn1cc(-n2ccc3c2CCCC3N)cn1. The van der Waals surface area contributed by atoms with Crippen molar-refractivity contribution in [2.24, 2.45) is 5.73 Å². The third kappa shape index (κ3) is 2.31. The van der Waals surface area contributed by atoms with Crippen molar-refractivity contribution in [1.29, 1.82) is 0 Å². The highest BCUT2D eigenvalue weighted by molar-refractivity contribution is 5.37. The summed E-state index contributed by atoms with van der Waals surface area (Å²) in [5.74, 6) is 0. The normalized spacial score (nSPS) is 18.5. The van der Waals surface area contributed by atoms with Gasteiger partial charge in [-0.05, 0) is 30.9 Å². The van der Waals surface area contributed by atoms with Crippen LogP contribution in [0.1, 0.15) is 30.1 Å². The molecule has 0 saturated heterocycles. The van der Waals surface area contributed by atoms with E-state index in [1.54, 1.807) is 7.11 Å². The standard InChI is InChI=1S/C14H20N4O/c1-19-8-7-17-10-11(9-16-17)18-6-5-12-13(15)3-2-4-14(12)18/h5-6,9-10,13H,2-4,7-8,15H2,1H3. The van der Waals surface area contributed by atoms with Crippen molar-refractivity contribution in [2.45, 2.75) is 31.8 Å². The van der Waals surface area contributed by atoms with Crippen LogP contribution < -0.4 is 5.73 Å². The van der Waals surface area contributed by atoms with Crippen molar-refractivity contribution < 1.29 is 4.74 Å². The van der Waals surface area contributed by atoms with Gasteiger partial charge in [-0.3, -0.25) is 4.68 Å². The molecule has 3 rings (SSSR count). The smallest absolute Gasteiger partial charge is 0.0835 e. The Morgan fingerprint density at radius 3 is 3.26 bits per heavy atom. The fourth-order valence-electron chi connectivity index (χ4n) is 2.75. The van der Waals surface area contributed by atoms with Crippen LogP contribution in [0.15, 0.2) is 24.7 Å². The van der Waals surface area contributed by atoms with Gasteiger partial charge in [0.05, 0.1) is 25.0 Å². The summed E-state index contributed by atoms with van der Waals surface area (Å²) < 4.78 is 9.19. The summed E-state index contributed by atoms with van der Waals surface area (Å²) >= 11 is 0. The molecule has 0 amide bonds. The zero-order valence-corrected chi connectivity index (χ0v) is 11.2. The molecule has 102 valence electrons. The molecule has 2 aromatic heterocycles. The van der Waals surface area contributed by atoms with E-state index in [-0.39, 0.29) is 6.04 Å². The molecular weight excluding hydrogens is 240 g/mol. The summed E-state index contributed by atoms with van der Waals surface area (Å²) in [6.07, 6.45) is 9.41. The van der Waals surface area contributed by atoms with Crippen LogP contribution in [0.5, 0.6) is 0 Å². The number of nitrogens with two attached hydrogens (primary N) is 1. The van der Waals surface area contributed by atoms with Gasteiger partial charge in [0, 0.05) is 31.2 Å². The average Bonchev–Trinajstić information content (AvgIpc) is 3.02. The quantitative estimate of drug-likeness (QED) is 0.909. The van der Waals surface area contributed by atoms with Gasteiger partial charge in [-0.2, -0.15) is 5.10 Å². The monoisotopic (exact) mass is 260 g/mol. The number of nitrogens with zero attached hydrogens (tertiary/aromatic N) is 3. The second-order valence-corrected chi connectivity index (χ2v) is 5.04. The van der Waals surface area contributed by atoms with Gasteiger partial charge in [-0.1, -0.05) is 0 Å². The molecular formula is C14H20N4O. The number of aromatic nitrogens is 3. The molecule has 2 heterocycles. The largest absolute Gasteiger partial charge is 0.383 e. The Morgan fingerprint density at radius 2 is 2.42 bits per heavy atom. The molecule has 2 aromatic rings. The fraction of sp³-hybridized carbons (Fsp3) is 0.500. The Bertz CT molecular complexity index is 558. The summed E-state index contributed by atoms with van der Waals surface area (Å²) in [5, 5.41) is 4.36. The molecule has 5 heteroatoms. The molecule has 1 aliphatic rings. The van der Waals surface area contributed by atoms with E-state index < -0.39 is 0 Å². The van der Waals surface area contributed by atoms with Crippen LogP contribution in [0.4, 0.5) is 0 Å². The van der Waals surface area contributed by atoms with Gasteiger partial charge in [0.2, 0.25) is 0 Å². The Morgan fingerprint density at radius 1 is 1.53 bits per heavy atom. The maximum Gasteiger partial charge on any atom is 0.0835 e. The van der Waals surface area contributed by atoms with Crippen molar-refractivity contribution in [3.05, 3.63) is 35.9 Å². The van der Waals surface area contributed by atoms with Crippen molar-refractivity contribution >= 4 is 0 Å². The van der Waals surface area contributed by atoms with Crippen LogP contribution >= 0.6 is 0 Å². The van der Waals surface area contributed by atoms with Crippen LogP contribution in [0.3, 0.4) is 0 Å². The second kappa shape index (κ2) is 5.19. The number of rotatable bonds is 4. The first kappa shape index (κ1) is 12.4. The first-order chi connectivity index (χ1) is 9.29. The number of hydrogen-bond acceptors (Lipinski definition) is 3. The van der Waals surface area contributed by atoms with E-state index in [2.05, 4.69) is 28.1 Å². The summed E-state index contributed by atoms with van der Waals surface area (Å²) in [6, 6.07) is 2.33. The van der Waals surface area contributed by atoms with Gasteiger partial charge >= 0.3 is 0 Å². The van der Waals surface area contributed by atoms with Crippen molar-refractivity contribution in [3.8, 4) is 5.69 Å². The predicted molar refractivity (Wildman–Crippen MR) is 73.3 cm³/mol. The van der Waals surface area contributed by atoms with Crippen LogP contribution in [-0.2, 0) is 17.7 Å². The van der Waals surface area contributed by atoms with Crippen molar-refractivity contribution in [1.82, 2.24) is 14.3 Å². The lowest BCUT2D eigenvalue weighted by molar-refractivity contribution is 0.183. The van der Waals surface area contributed by atoms with Gasteiger partial charge in [0.1, 0.15) is 0 Å². The Kier molecular flexibility index (Phi) is 3.40. The highest BCUT2D eigenvalue weighted by atomic mass is 16.5. The molecule has 0 radical (unpaired) electrons. The molecule has 1 atom stereocenters. The van der Waals surface area contributed by atoms with Gasteiger partial charge in [0.25, 0.3) is 0 Å². The lowest BCUT2D eigenvalue weighted by atomic mass is 9.94. The minimum atomic E-state index is 0.188.